The van der Waals surface area contributed by atoms with Crippen molar-refractivity contribution >= 4 is 29.5 Å². The molecular formula is C22H22ClF3N2O. The summed E-state index contributed by atoms with van der Waals surface area (Å²) in [4.78, 5) is 7.76. The van der Waals surface area contributed by atoms with E-state index < -0.39 is 5.92 Å². The second-order valence-electron chi connectivity index (χ2n) is 7.25. The molecule has 3 aromatic rings. The maximum atomic E-state index is 13.7. The largest absolute Gasteiger partial charge is 0.496 e. The minimum absolute atomic E-state index is 0. The summed E-state index contributed by atoms with van der Waals surface area (Å²) in [7, 11) is 1.55. The van der Waals surface area contributed by atoms with Gasteiger partial charge in [-0.1, -0.05) is 12.1 Å². The molecule has 1 aliphatic rings. The van der Waals surface area contributed by atoms with E-state index >= 15 is 0 Å². The smallest absolute Gasteiger partial charge is 0.248 e. The van der Waals surface area contributed by atoms with Crippen LogP contribution in [-0.4, -0.2) is 23.0 Å². The summed E-state index contributed by atoms with van der Waals surface area (Å²) >= 11 is 0. The molecule has 29 heavy (non-hydrogen) atoms. The van der Waals surface area contributed by atoms with Gasteiger partial charge in [0.25, 0.3) is 0 Å². The Balaban J connectivity index is 0.00000240. The lowest BCUT2D eigenvalue weighted by Gasteiger charge is -2.26. The van der Waals surface area contributed by atoms with Crippen LogP contribution in [0.1, 0.15) is 31.5 Å². The highest BCUT2D eigenvalue weighted by atomic mass is 35.5. The normalized spacial score (nSPS) is 16.8. The van der Waals surface area contributed by atoms with Crippen molar-refractivity contribution in [3.8, 4) is 16.9 Å². The third kappa shape index (κ3) is 4.75. The quantitative estimate of drug-likeness (QED) is 0.511. The molecule has 1 heterocycles. The Labute approximate surface area is 173 Å². The van der Waals surface area contributed by atoms with Crippen molar-refractivity contribution in [3.05, 3.63) is 54.1 Å². The van der Waals surface area contributed by atoms with Crippen LogP contribution < -0.4 is 4.74 Å². The number of alkyl halides is 2. The molecule has 3 nitrogen and oxygen atoms in total. The molecule has 0 atom stereocenters. The van der Waals surface area contributed by atoms with E-state index in [0.717, 1.165) is 16.6 Å². The average molecular weight is 423 g/mol. The molecule has 7 heteroatoms. The van der Waals surface area contributed by atoms with Crippen LogP contribution in [-0.2, 0) is 0 Å². The number of aromatic nitrogens is 2. The third-order valence-corrected chi connectivity index (χ3v) is 5.26. The molecule has 1 N–H and O–H groups in total. The van der Waals surface area contributed by atoms with Crippen LogP contribution in [0.25, 0.3) is 28.2 Å². The molecule has 1 saturated carbocycles. The van der Waals surface area contributed by atoms with Crippen molar-refractivity contribution in [2.24, 2.45) is 5.92 Å². The van der Waals surface area contributed by atoms with Gasteiger partial charge in [0.1, 0.15) is 17.4 Å². The first-order valence-corrected chi connectivity index (χ1v) is 9.33. The van der Waals surface area contributed by atoms with Gasteiger partial charge < -0.3 is 9.72 Å². The number of hydrogen-bond donors (Lipinski definition) is 1. The molecule has 4 rings (SSSR count). The van der Waals surface area contributed by atoms with Crippen molar-refractivity contribution in [3.63, 3.8) is 0 Å². The summed E-state index contributed by atoms with van der Waals surface area (Å²) in [6, 6.07) is 10.0. The second-order valence-corrected chi connectivity index (χ2v) is 7.25. The highest BCUT2D eigenvalue weighted by Crippen LogP contribution is 2.37. The van der Waals surface area contributed by atoms with Gasteiger partial charge in [-0.05, 0) is 60.7 Å². The van der Waals surface area contributed by atoms with Gasteiger partial charge in [-0.2, -0.15) is 0 Å². The number of nitrogens with one attached hydrogen (secondary N) is 1. The van der Waals surface area contributed by atoms with Crippen molar-refractivity contribution in [2.45, 2.75) is 31.6 Å². The number of imidazole rings is 1. The Bertz CT molecular complexity index is 1020. The zero-order valence-corrected chi connectivity index (χ0v) is 16.7. The number of hydrogen-bond acceptors (Lipinski definition) is 2. The van der Waals surface area contributed by atoms with Crippen LogP contribution in [0.2, 0.25) is 0 Å². The lowest BCUT2D eigenvalue weighted by atomic mass is 9.86. The van der Waals surface area contributed by atoms with E-state index in [1.54, 1.807) is 13.2 Å². The van der Waals surface area contributed by atoms with Crippen LogP contribution in [0.5, 0.6) is 5.75 Å². The highest BCUT2D eigenvalue weighted by molar-refractivity contribution is 5.85. The molecule has 0 aliphatic heterocycles. The first-order valence-electron chi connectivity index (χ1n) is 9.33. The number of halogens is 4. The lowest BCUT2D eigenvalue weighted by Crippen LogP contribution is -2.23. The van der Waals surface area contributed by atoms with Crippen molar-refractivity contribution < 1.29 is 17.9 Å². The fraction of sp³-hybridized carbons (Fsp3) is 0.318. The summed E-state index contributed by atoms with van der Waals surface area (Å²) in [5.41, 5.74) is 3.09. The van der Waals surface area contributed by atoms with Gasteiger partial charge in [-0.15, -0.1) is 12.4 Å². The Hall–Kier alpha value is -2.47. The minimum Gasteiger partial charge on any atom is -0.496 e. The predicted molar refractivity (Wildman–Crippen MR) is 111 cm³/mol. The van der Waals surface area contributed by atoms with Crippen LogP contribution >= 0.6 is 12.4 Å². The van der Waals surface area contributed by atoms with Gasteiger partial charge in [0.15, 0.2) is 0 Å². The maximum absolute atomic E-state index is 13.7. The Kier molecular flexibility index (Phi) is 6.22. The van der Waals surface area contributed by atoms with E-state index in [9.17, 15) is 13.2 Å². The summed E-state index contributed by atoms with van der Waals surface area (Å²) < 4.78 is 45.5. The first-order chi connectivity index (χ1) is 13.4. The van der Waals surface area contributed by atoms with Crippen LogP contribution in [0, 0.1) is 11.7 Å². The van der Waals surface area contributed by atoms with Crippen LogP contribution in [0.3, 0.4) is 0 Å². The molecule has 1 aliphatic carbocycles. The average Bonchev–Trinajstić information content (AvgIpc) is 3.09. The summed E-state index contributed by atoms with van der Waals surface area (Å²) in [6.07, 6.45) is 4.70. The molecule has 0 spiro atoms. The van der Waals surface area contributed by atoms with Crippen LogP contribution in [0.4, 0.5) is 13.2 Å². The molecule has 0 saturated heterocycles. The molecule has 0 radical (unpaired) electrons. The fourth-order valence-corrected chi connectivity index (χ4v) is 3.66. The monoisotopic (exact) mass is 422 g/mol. The zero-order valence-electron chi connectivity index (χ0n) is 15.9. The minimum atomic E-state index is -2.52. The van der Waals surface area contributed by atoms with Crippen molar-refractivity contribution in [1.29, 1.82) is 0 Å². The number of aromatic amines is 1. The fourth-order valence-electron chi connectivity index (χ4n) is 3.66. The van der Waals surface area contributed by atoms with E-state index in [4.69, 9.17) is 4.74 Å². The van der Waals surface area contributed by atoms with Gasteiger partial charge in [-0.3, -0.25) is 0 Å². The summed E-state index contributed by atoms with van der Waals surface area (Å²) in [5.74, 6) is -1.43. The Morgan fingerprint density at radius 2 is 1.90 bits per heavy atom. The number of fused-ring (bicyclic) bond motifs is 1. The molecule has 154 valence electrons. The van der Waals surface area contributed by atoms with Crippen molar-refractivity contribution in [2.75, 3.05) is 7.11 Å². The second kappa shape index (κ2) is 8.49. The Morgan fingerprint density at radius 1 is 1.14 bits per heavy atom. The van der Waals surface area contributed by atoms with Gasteiger partial charge in [-0.25, -0.2) is 18.2 Å². The van der Waals surface area contributed by atoms with E-state index in [1.165, 1.54) is 12.1 Å². The number of nitrogens with zero attached hydrogens (tertiary/aromatic N) is 1. The number of benzene rings is 2. The number of methoxy groups -OCH3 is 1. The molecule has 0 unspecified atom stereocenters. The number of ether oxygens (including phenoxy) is 1. The molecule has 0 bridgehead atoms. The summed E-state index contributed by atoms with van der Waals surface area (Å²) in [5, 5.41) is 0. The van der Waals surface area contributed by atoms with Crippen molar-refractivity contribution in [1.82, 2.24) is 9.97 Å². The first kappa shape index (κ1) is 21.2. The zero-order chi connectivity index (χ0) is 19.7. The van der Waals surface area contributed by atoms with E-state index in [0.29, 0.717) is 30.0 Å². The predicted octanol–water partition coefficient (Wildman–Crippen LogP) is 6.64. The van der Waals surface area contributed by atoms with E-state index in [1.807, 2.05) is 30.4 Å². The molecule has 1 aromatic heterocycles. The molecular weight excluding hydrogens is 401 g/mol. The number of H-pyrrole nitrogens is 1. The van der Waals surface area contributed by atoms with Crippen LogP contribution in [0.15, 0.2) is 42.5 Å². The van der Waals surface area contributed by atoms with Gasteiger partial charge in [0.05, 0.1) is 18.1 Å². The van der Waals surface area contributed by atoms with Gasteiger partial charge in [0, 0.05) is 18.4 Å². The standard InChI is InChI=1S/C22H21F3N2O.ClH/c1-28-20-6-4-16(23)13-17(20)15-3-5-18-19(12-15)27-21(26-18)7-2-14-8-10-22(24,25)11-9-14;/h2-7,12-14H,8-11H2,1H3,(H,26,27);1H. The highest BCUT2D eigenvalue weighted by Gasteiger charge is 2.33. The Morgan fingerprint density at radius 3 is 2.62 bits per heavy atom. The number of rotatable bonds is 4. The summed E-state index contributed by atoms with van der Waals surface area (Å²) in [6.45, 7) is 0. The maximum Gasteiger partial charge on any atom is 0.248 e. The van der Waals surface area contributed by atoms with Gasteiger partial charge in [0.2, 0.25) is 5.92 Å². The topological polar surface area (TPSA) is 37.9 Å². The lowest BCUT2D eigenvalue weighted by molar-refractivity contribution is -0.0410. The molecule has 2 aromatic carbocycles. The third-order valence-electron chi connectivity index (χ3n) is 5.26. The molecule has 1 fully saturated rings. The van der Waals surface area contributed by atoms with E-state index in [2.05, 4.69) is 9.97 Å². The van der Waals surface area contributed by atoms with Gasteiger partial charge >= 0.3 is 0 Å². The number of allylic oxidation sites excluding steroid dienone is 1. The SMILES string of the molecule is COc1ccc(F)cc1-c1ccc2nc(C=CC3CCC(F)(F)CC3)[nH]c2c1.Cl. The van der Waals surface area contributed by atoms with E-state index in [-0.39, 0.29) is 37.0 Å². The molecule has 0 amide bonds.